The third kappa shape index (κ3) is 5.48. The first-order valence-electron chi connectivity index (χ1n) is 11.3. The molecule has 0 aliphatic rings. The molecule has 0 heterocycles. The number of anilines is 1. The molecule has 0 saturated heterocycles. The Morgan fingerprint density at radius 1 is 0.825 bits per heavy atom. The first-order chi connectivity index (χ1) is 18.6. The lowest BCUT2D eigenvalue weighted by molar-refractivity contribution is -0.138. The van der Waals surface area contributed by atoms with Crippen molar-refractivity contribution in [2.24, 2.45) is 0 Å². The van der Waals surface area contributed by atoms with Crippen LogP contribution in [0.25, 0.3) is 22.3 Å². The fraction of sp³-hybridized carbons (Fsp3) is 0.148. The molecule has 4 rings (SSSR count). The quantitative estimate of drug-likeness (QED) is 0.145. The summed E-state index contributed by atoms with van der Waals surface area (Å²) in [7, 11) is 0. The predicted molar refractivity (Wildman–Crippen MR) is 131 cm³/mol. The zero-order valence-corrected chi connectivity index (χ0v) is 20.1. The van der Waals surface area contributed by atoms with Gasteiger partial charge in [-0.05, 0) is 54.4 Å². The minimum absolute atomic E-state index is 0.176. The second kappa shape index (κ2) is 10.1. The summed E-state index contributed by atoms with van der Waals surface area (Å²) in [5, 5.41) is 21.8. The number of ether oxygens (including phenoxy) is 1. The van der Waals surface area contributed by atoms with E-state index in [-0.39, 0.29) is 28.0 Å². The molecular formula is C27H17F6NO6. The lowest BCUT2D eigenvalue weighted by atomic mass is 9.93. The molecule has 1 atom stereocenters. The number of aromatic carboxylic acids is 1. The van der Waals surface area contributed by atoms with Gasteiger partial charge >= 0.3 is 18.3 Å². The summed E-state index contributed by atoms with van der Waals surface area (Å²) < 4.78 is 86.6. The van der Waals surface area contributed by atoms with Crippen LogP contribution >= 0.6 is 0 Å². The van der Waals surface area contributed by atoms with Gasteiger partial charge in [-0.15, -0.1) is 0 Å². The molecule has 4 aromatic carbocycles. The Morgan fingerprint density at radius 3 is 1.70 bits per heavy atom. The number of alkyl halides is 6. The molecular weight excluding hydrogens is 548 g/mol. The summed E-state index contributed by atoms with van der Waals surface area (Å²) in [6.45, 7) is 1.29. The predicted octanol–water partition coefficient (Wildman–Crippen LogP) is 5.89. The van der Waals surface area contributed by atoms with Gasteiger partial charge in [-0.1, -0.05) is 24.3 Å². The number of rotatable bonds is 7. The summed E-state index contributed by atoms with van der Waals surface area (Å²) in [4.78, 5) is 35.0. The maximum absolute atomic E-state index is 13.5. The number of hydrogen-bond acceptors (Lipinski definition) is 6. The van der Waals surface area contributed by atoms with E-state index < -0.39 is 63.5 Å². The van der Waals surface area contributed by atoms with E-state index in [0.29, 0.717) is 12.1 Å². The third-order valence-electron chi connectivity index (χ3n) is 5.87. The fourth-order valence-corrected chi connectivity index (χ4v) is 3.96. The minimum atomic E-state index is -4.78. The Bertz CT molecular complexity index is 1610. The van der Waals surface area contributed by atoms with Gasteiger partial charge in [-0.25, -0.2) is 4.79 Å². The van der Waals surface area contributed by atoms with Gasteiger partial charge in [0, 0.05) is 11.1 Å². The van der Waals surface area contributed by atoms with E-state index in [4.69, 9.17) is 4.74 Å². The molecule has 1 unspecified atom stereocenters. The van der Waals surface area contributed by atoms with Crippen molar-refractivity contribution < 1.29 is 46.1 Å². The summed E-state index contributed by atoms with van der Waals surface area (Å²) in [6.07, 6.45) is -10.8. The third-order valence-corrected chi connectivity index (χ3v) is 5.87. The van der Waals surface area contributed by atoms with Crippen LogP contribution in [0, 0.1) is 0 Å². The second-order valence-corrected chi connectivity index (χ2v) is 8.65. The number of hydrogen-bond donors (Lipinski definition) is 3. The van der Waals surface area contributed by atoms with Crippen molar-refractivity contribution in [3.63, 3.8) is 0 Å². The van der Waals surface area contributed by atoms with Crippen LogP contribution in [0.4, 0.5) is 32.0 Å². The van der Waals surface area contributed by atoms with Crippen LogP contribution in [0.1, 0.15) is 28.4 Å². The van der Waals surface area contributed by atoms with Crippen LogP contribution in [0.15, 0.2) is 70.3 Å². The molecule has 0 bridgehead atoms. The molecule has 7 nitrogen and oxygen atoms in total. The highest BCUT2D eigenvalue weighted by molar-refractivity contribution is 5.95. The molecule has 0 radical (unpaired) electrons. The number of nitrogens with one attached hydrogen (secondary N) is 1. The van der Waals surface area contributed by atoms with Crippen LogP contribution < -0.4 is 20.9 Å². The first-order valence-corrected chi connectivity index (χ1v) is 11.3. The molecule has 4 aromatic rings. The molecule has 13 heteroatoms. The van der Waals surface area contributed by atoms with Crippen molar-refractivity contribution in [3.05, 3.63) is 97.8 Å². The molecule has 0 spiro atoms. The van der Waals surface area contributed by atoms with Crippen molar-refractivity contribution in [1.29, 1.82) is 0 Å². The SMILES string of the molecule is CC(Nc1c(O)c(=O)c1=O)Oc1c(-c2cccc(C(F)(F)F)c2)cc(C(=O)O)cc1-c1cccc(C(F)(F)F)c1. The van der Waals surface area contributed by atoms with Gasteiger partial charge in [0.05, 0.1) is 16.7 Å². The molecule has 0 saturated carbocycles. The number of halogens is 6. The van der Waals surface area contributed by atoms with Crippen molar-refractivity contribution in [2.75, 3.05) is 5.32 Å². The van der Waals surface area contributed by atoms with Gasteiger partial charge < -0.3 is 20.3 Å². The van der Waals surface area contributed by atoms with Crippen molar-refractivity contribution in [1.82, 2.24) is 0 Å². The number of carbonyl (C=O) groups is 1. The molecule has 0 aromatic heterocycles. The molecule has 0 aliphatic carbocycles. The second-order valence-electron chi connectivity index (χ2n) is 8.65. The maximum atomic E-state index is 13.5. The Kier molecular flexibility index (Phi) is 7.09. The van der Waals surface area contributed by atoms with Crippen LogP contribution in [-0.2, 0) is 12.4 Å². The Hall–Kier alpha value is -4.81. The first kappa shape index (κ1) is 28.2. The van der Waals surface area contributed by atoms with Crippen LogP contribution in [0.2, 0.25) is 0 Å². The van der Waals surface area contributed by atoms with Crippen LogP contribution in [0.5, 0.6) is 11.5 Å². The number of carboxylic acids is 1. The van der Waals surface area contributed by atoms with Gasteiger partial charge in [0.15, 0.2) is 12.0 Å². The standard InChI is InChI=1S/C27H17F6NO6/c1-12(34-20-21(35)23(37)22(20)36)40-24-18(13-4-2-6-16(8-13)26(28,29)30)10-15(25(38)39)11-19(24)14-5-3-7-17(9-14)27(31,32)33/h2-12,34-35H,1H3,(H,38,39). The topological polar surface area (TPSA) is 113 Å². The molecule has 40 heavy (non-hydrogen) atoms. The molecule has 0 aliphatic heterocycles. The highest BCUT2D eigenvalue weighted by atomic mass is 19.4. The summed E-state index contributed by atoms with van der Waals surface area (Å²) in [5.41, 5.74) is -6.15. The Balaban J connectivity index is 1.96. The Morgan fingerprint density at radius 2 is 1.30 bits per heavy atom. The van der Waals surface area contributed by atoms with E-state index in [1.807, 2.05) is 0 Å². The van der Waals surface area contributed by atoms with Crippen molar-refractivity contribution >= 4 is 11.7 Å². The van der Waals surface area contributed by atoms with Crippen molar-refractivity contribution in [2.45, 2.75) is 25.5 Å². The Labute approximate surface area is 220 Å². The monoisotopic (exact) mass is 565 g/mol. The highest BCUT2D eigenvalue weighted by Crippen LogP contribution is 2.43. The van der Waals surface area contributed by atoms with E-state index >= 15 is 0 Å². The van der Waals surface area contributed by atoms with E-state index in [2.05, 4.69) is 5.32 Å². The average Bonchev–Trinajstić information content (AvgIpc) is 2.90. The number of aromatic hydroxyl groups is 1. The molecule has 0 amide bonds. The van der Waals surface area contributed by atoms with Gasteiger partial charge in [0.1, 0.15) is 11.4 Å². The largest absolute Gasteiger partial charge is 0.502 e. The zero-order valence-electron chi connectivity index (χ0n) is 20.1. The average molecular weight is 565 g/mol. The zero-order chi connectivity index (χ0) is 29.6. The maximum Gasteiger partial charge on any atom is 0.416 e. The molecule has 0 fully saturated rings. The highest BCUT2D eigenvalue weighted by Gasteiger charge is 2.33. The lowest BCUT2D eigenvalue weighted by Gasteiger charge is -2.24. The van der Waals surface area contributed by atoms with Gasteiger partial charge in [-0.2, -0.15) is 26.3 Å². The normalized spacial score (nSPS) is 12.8. The molecule has 3 N–H and O–H groups in total. The van der Waals surface area contributed by atoms with E-state index in [1.165, 1.54) is 19.1 Å². The summed E-state index contributed by atoms with van der Waals surface area (Å²) >= 11 is 0. The van der Waals surface area contributed by atoms with Crippen LogP contribution in [-0.4, -0.2) is 22.4 Å². The van der Waals surface area contributed by atoms with Gasteiger partial charge in [0.25, 0.3) is 10.9 Å². The van der Waals surface area contributed by atoms with Gasteiger partial charge in [-0.3, -0.25) is 9.59 Å². The van der Waals surface area contributed by atoms with Crippen molar-refractivity contribution in [3.8, 4) is 33.8 Å². The van der Waals surface area contributed by atoms with Gasteiger partial charge in [0.2, 0.25) is 0 Å². The molecule has 208 valence electrons. The minimum Gasteiger partial charge on any atom is -0.502 e. The fourth-order valence-electron chi connectivity index (χ4n) is 3.96. The van der Waals surface area contributed by atoms with E-state index in [1.54, 1.807) is 0 Å². The number of carboxylic acid groups (broad SMARTS) is 1. The smallest absolute Gasteiger partial charge is 0.416 e. The summed E-state index contributed by atoms with van der Waals surface area (Å²) in [5.74, 6) is -2.73. The van der Waals surface area contributed by atoms with E-state index in [9.17, 15) is 50.9 Å². The number of benzene rings is 3. The van der Waals surface area contributed by atoms with Crippen LogP contribution in [0.3, 0.4) is 0 Å². The summed E-state index contributed by atoms with van der Waals surface area (Å²) in [6, 6.07) is 9.52. The lowest BCUT2D eigenvalue weighted by Crippen LogP contribution is -2.37. The van der Waals surface area contributed by atoms with E-state index in [0.717, 1.165) is 36.4 Å².